The number of hydrogen-bond acceptors (Lipinski definition) is 3. The first-order valence-corrected chi connectivity index (χ1v) is 10.2. The van der Waals surface area contributed by atoms with E-state index in [1.165, 1.54) is 45.3 Å². The molecule has 2 heterocycles. The molecule has 2 atom stereocenters. The number of halogens is 2. The lowest BCUT2D eigenvalue weighted by atomic mass is 9.74. The molecule has 0 spiro atoms. The van der Waals surface area contributed by atoms with E-state index in [0.717, 1.165) is 23.9 Å². The van der Waals surface area contributed by atoms with E-state index in [-0.39, 0.29) is 0 Å². The summed E-state index contributed by atoms with van der Waals surface area (Å²) in [6.45, 7) is 6.57. The Morgan fingerprint density at radius 1 is 1.08 bits per heavy atom. The Bertz CT molecular complexity index is 770. The molecule has 0 radical (unpaired) electrons. The van der Waals surface area contributed by atoms with Gasteiger partial charge >= 0.3 is 0 Å². The summed E-state index contributed by atoms with van der Waals surface area (Å²) in [6, 6.07) is 7.51. The molecule has 1 aromatic heterocycles. The molecule has 0 N–H and O–H groups in total. The van der Waals surface area contributed by atoms with Gasteiger partial charge in [0.15, 0.2) is 0 Å². The van der Waals surface area contributed by atoms with Gasteiger partial charge in [-0.3, -0.25) is 0 Å². The molecule has 4 nitrogen and oxygen atoms in total. The highest BCUT2D eigenvalue weighted by atomic mass is 35.5. The number of benzene rings is 1. The average Bonchev–Trinajstić information content (AvgIpc) is 3.24. The second-order valence-corrected chi connectivity index (χ2v) is 8.36. The maximum atomic E-state index is 6.13. The molecule has 1 aliphatic heterocycles. The SMILES string of the molecule is Cc1cc(OCC2CCC2CN2CCCC2)nn1-c1ccc(Cl)c(Cl)c1. The summed E-state index contributed by atoms with van der Waals surface area (Å²) < 4.78 is 7.88. The third-order valence-electron chi connectivity index (χ3n) is 5.72. The molecule has 26 heavy (non-hydrogen) atoms. The monoisotopic (exact) mass is 393 g/mol. The summed E-state index contributed by atoms with van der Waals surface area (Å²) in [6.07, 6.45) is 5.32. The number of nitrogens with zero attached hydrogens (tertiary/aromatic N) is 3. The van der Waals surface area contributed by atoms with Gasteiger partial charge in [0.2, 0.25) is 5.88 Å². The fraction of sp³-hybridized carbons (Fsp3) is 0.550. The molecule has 2 aliphatic rings. The van der Waals surface area contributed by atoms with Crippen molar-refractivity contribution in [2.75, 3.05) is 26.2 Å². The van der Waals surface area contributed by atoms with Crippen LogP contribution in [0.1, 0.15) is 31.4 Å². The first kappa shape index (κ1) is 18.1. The number of hydrogen-bond donors (Lipinski definition) is 0. The van der Waals surface area contributed by atoms with Gasteiger partial charge in [-0.25, -0.2) is 4.68 Å². The Labute approximate surface area is 165 Å². The average molecular weight is 394 g/mol. The van der Waals surface area contributed by atoms with Crippen molar-refractivity contribution in [1.82, 2.24) is 14.7 Å². The Kier molecular flexibility index (Phi) is 5.44. The highest BCUT2D eigenvalue weighted by Crippen LogP contribution is 2.36. The molecule has 1 saturated heterocycles. The zero-order valence-electron chi connectivity index (χ0n) is 15.1. The topological polar surface area (TPSA) is 30.3 Å². The van der Waals surface area contributed by atoms with Crippen LogP contribution < -0.4 is 4.74 Å². The highest BCUT2D eigenvalue weighted by molar-refractivity contribution is 6.42. The minimum atomic E-state index is 0.528. The fourth-order valence-corrected chi connectivity index (χ4v) is 4.27. The van der Waals surface area contributed by atoms with Crippen LogP contribution in [-0.2, 0) is 0 Å². The molecule has 2 unspecified atom stereocenters. The van der Waals surface area contributed by atoms with Gasteiger partial charge in [-0.15, -0.1) is 5.10 Å². The van der Waals surface area contributed by atoms with E-state index < -0.39 is 0 Å². The van der Waals surface area contributed by atoms with Crippen molar-refractivity contribution in [3.63, 3.8) is 0 Å². The fourth-order valence-electron chi connectivity index (χ4n) is 3.98. The summed E-state index contributed by atoms with van der Waals surface area (Å²) in [5.41, 5.74) is 1.91. The largest absolute Gasteiger partial charge is 0.476 e. The third kappa shape index (κ3) is 3.88. The van der Waals surface area contributed by atoms with Gasteiger partial charge in [0.05, 0.1) is 22.3 Å². The van der Waals surface area contributed by atoms with Gasteiger partial charge in [-0.2, -0.15) is 0 Å². The van der Waals surface area contributed by atoms with E-state index in [0.29, 0.717) is 21.8 Å². The molecule has 1 aromatic carbocycles. The summed E-state index contributed by atoms with van der Waals surface area (Å²) in [4.78, 5) is 2.61. The number of likely N-dealkylation sites (tertiary alicyclic amines) is 1. The van der Waals surface area contributed by atoms with Crippen molar-refractivity contribution in [1.29, 1.82) is 0 Å². The van der Waals surface area contributed by atoms with Crippen LogP contribution in [0.15, 0.2) is 24.3 Å². The van der Waals surface area contributed by atoms with Crippen LogP contribution in [0, 0.1) is 18.8 Å². The van der Waals surface area contributed by atoms with Gasteiger partial charge < -0.3 is 9.64 Å². The summed E-state index contributed by atoms with van der Waals surface area (Å²) in [5, 5.41) is 5.67. The second kappa shape index (κ2) is 7.79. The number of aryl methyl sites for hydroxylation is 1. The van der Waals surface area contributed by atoms with E-state index in [1.807, 2.05) is 29.8 Å². The minimum Gasteiger partial charge on any atom is -0.476 e. The van der Waals surface area contributed by atoms with Gasteiger partial charge in [0.1, 0.15) is 0 Å². The highest BCUT2D eigenvalue weighted by Gasteiger charge is 2.33. The van der Waals surface area contributed by atoms with Crippen LogP contribution in [0.25, 0.3) is 5.69 Å². The van der Waals surface area contributed by atoms with Gasteiger partial charge in [0, 0.05) is 18.3 Å². The van der Waals surface area contributed by atoms with E-state index in [1.54, 1.807) is 6.07 Å². The Hall–Kier alpha value is -1.23. The van der Waals surface area contributed by atoms with Crippen molar-refractivity contribution in [2.24, 2.45) is 11.8 Å². The lowest BCUT2D eigenvalue weighted by Crippen LogP contribution is -2.39. The Morgan fingerprint density at radius 3 is 2.54 bits per heavy atom. The normalized spacial score (nSPS) is 23.2. The van der Waals surface area contributed by atoms with Gasteiger partial charge in [-0.05, 0) is 75.7 Å². The molecule has 140 valence electrons. The summed E-state index contributed by atoms with van der Waals surface area (Å²) in [5.74, 6) is 2.12. The zero-order chi connectivity index (χ0) is 18.1. The van der Waals surface area contributed by atoms with Gasteiger partial charge in [0.25, 0.3) is 0 Å². The quantitative estimate of drug-likeness (QED) is 0.692. The van der Waals surface area contributed by atoms with Crippen LogP contribution in [0.4, 0.5) is 0 Å². The van der Waals surface area contributed by atoms with Crippen LogP contribution in [-0.4, -0.2) is 40.9 Å². The number of aromatic nitrogens is 2. The lowest BCUT2D eigenvalue weighted by Gasteiger charge is -2.38. The minimum absolute atomic E-state index is 0.528. The van der Waals surface area contributed by atoms with Crippen LogP contribution in [0.3, 0.4) is 0 Å². The molecule has 0 amide bonds. The van der Waals surface area contributed by atoms with Crippen molar-refractivity contribution in [3.05, 3.63) is 40.0 Å². The van der Waals surface area contributed by atoms with Crippen LogP contribution in [0.5, 0.6) is 5.88 Å². The van der Waals surface area contributed by atoms with Crippen molar-refractivity contribution in [2.45, 2.75) is 32.6 Å². The Balaban J connectivity index is 1.36. The summed E-state index contributed by atoms with van der Waals surface area (Å²) >= 11 is 12.1. The standard InChI is InChI=1S/C20H25Cl2N3O/c1-14-10-20(23-25(14)17-6-7-18(21)19(22)11-17)26-13-16-5-4-15(16)12-24-8-2-3-9-24/h6-7,10-11,15-16H,2-5,8-9,12-13H2,1H3. The first-order chi connectivity index (χ1) is 12.6. The second-order valence-electron chi connectivity index (χ2n) is 7.55. The van der Waals surface area contributed by atoms with Crippen LogP contribution in [0.2, 0.25) is 10.0 Å². The molecule has 1 saturated carbocycles. The molecule has 2 fully saturated rings. The zero-order valence-corrected chi connectivity index (χ0v) is 16.6. The molecule has 4 rings (SSSR count). The molecular weight excluding hydrogens is 369 g/mol. The maximum Gasteiger partial charge on any atom is 0.233 e. The van der Waals surface area contributed by atoms with Crippen LogP contribution >= 0.6 is 23.2 Å². The number of ether oxygens (including phenoxy) is 1. The predicted octanol–water partition coefficient (Wildman–Crippen LogP) is 4.99. The summed E-state index contributed by atoms with van der Waals surface area (Å²) in [7, 11) is 0. The smallest absolute Gasteiger partial charge is 0.233 e. The molecule has 0 bridgehead atoms. The van der Waals surface area contributed by atoms with E-state index in [9.17, 15) is 0 Å². The van der Waals surface area contributed by atoms with Crippen molar-refractivity contribution < 1.29 is 4.74 Å². The van der Waals surface area contributed by atoms with Gasteiger partial charge in [-0.1, -0.05) is 23.2 Å². The molecule has 1 aliphatic carbocycles. The molecular formula is C20H25Cl2N3O. The van der Waals surface area contributed by atoms with E-state index in [4.69, 9.17) is 27.9 Å². The van der Waals surface area contributed by atoms with Crippen molar-refractivity contribution >= 4 is 23.2 Å². The first-order valence-electron chi connectivity index (χ1n) is 9.47. The van der Waals surface area contributed by atoms with Crippen molar-refractivity contribution in [3.8, 4) is 11.6 Å². The lowest BCUT2D eigenvalue weighted by molar-refractivity contribution is 0.0732. The molecule has 2 aromatic rings. The maximum absolute atomic E-state index is 6.13. The Morgan fingerprint density at radius 2 is 1.85 bits per heavy atom. The predicted molar refractivity (Wildman–Crippen MR) is 106 cm³/mol. The van der Waals surface area contributed by atoms with E-state index >= 15 is 0 Å². The molecule has 6 heteroatoms. The van der Waals surface area contributed by atoms with E-state index in [2.05, 4.69) is 10.00 Å². The number of rotatable bonds is 6. The third-order valence-corrected chi connectivity index (χ3v) is 6.46.